The van der Waals surface area contributed by atoms with Crippen molar-refractivity contribution >= 4 is 44.6 Å². The summed E-state index contributed by atoms with van der Waals surface area (Å²) in [6.07, 6.45) is 0. The molecule has 36 heavy (non-hydrogen) atoms. The molecule has 13 heteroatoms. The van der Waals surface area contributed by atoms with E-state index in [0.29, 0.717) is 5.56 Å². The number of benzene rings is 3. The van der Waals surface area contributed by atoms with Crippen molar-refractivity contribution in [3.8, 4) is 11.5 Å². The Morgan fingerprint density at radius 1 is 1.08 bits per heavy atom. The van der Waals surface area contributed by atoms with Gasteiger partial charge in [0.05, 0.1) is 40.4 Å². The van der Waals surface area contributed by atoms with Crippen LogP contribution in [0.5, 0.6) is 11.5 Å². The third kappa shape index (κ3) is 5.66. The van der Waals surface area contributed by atoms with Gasteiger partial charge in [-0.2, -0.15) is 0 Å². The van der Waals surface area contributed by atoms with Crippen molar-refractivity contribution in [1.82, 2.24) is 0 Å². The standard InChI is InChI=1S/C23H21ClFN3O7S/c1-14-4-5-16(28(30)31)11-20(14)26-23(29)13-27(15-6-8-19(25)18(24)10-15)36(32,33)17-7-9-21(34-2)22(12-17)35-3/h4-12H,13H2,1-3H3,(H,26,29). The number of amides is 1. The molecule has 0 fully saturated rings. The maximum Gasteiger partial charge on any atom is 0.271 e. The molecule has 3 aromatic carbocycles. The van der Waals surface area contributed by atoms with Gasteiger partial charge < -0.3 is 14.8 Å². The molecule has 0 aliphatic heterocycles. The van der Waals surface area contributed by atoms with E-state index in [0.717, 1.165) is 28.6 Å². The van der Waals surface area contributed by atoms with Crippen molar-refractivity contribution < 1.29 is 32.0 Å². The molecule has 10 nitrogen and oxygen atoms in total. The van der Waals surface area contributed by atoms with Crippen molar-refractivity contribution in [1.29, 1.82) is 0 Å². The first kappa shape index (κ1) is 26.7. The number of hydrogen-bond acceptors (Lipinski definition) is 7. The van der Waals surface area contributed by atoms with Crippen molar-refractivity contribution in [2.45, 2.75) is 11.8 Å². The van der Waals surface area contributed by atoms with E-state index in [-0.39, 0.29) is 38.5 Å². The van der Waals surface area contributed by atoms with Crippen molar-refractivity contribution in [2.75, 3.05) is 30.4 Å². The lowest BCUT2D eigenvalue weighted by molar-refractivity contribution is -0.384. The van der Waals surface area contributed by atoms with Crippen molar-refractivity contribution in [2.24, 2.45) is 0 Å². The quantitative estimate of drug-likeness (QED) is 0.313. The van der Waals surface area contributed by atoms with E-state index >= 15 is 0 Å². The number of nitro benzene ring substituents is 1. The van der Waals surface area contributed by atoms with E-state index in [4.69, 9.17) is 21.1 Å². The predicted octanol–water partition coefficient (Wildman–Crippen LogP) is 4.55. The Labute approximate surface area is 211 Å². The molecule has 0 spiro atoms. The number of aryl methyl sites for hydroxylation is 1. The molecule has 0 aliphatic rings. The van der Waals surface area contributed by atoms with Gasteiger partial charge in [0.1, 0.15) is 12.4 Å². The molecule has 3 rings (SSSR count). The first-order valence-corrected chi connectivity index (χ1v) is 12.0. The minimum atomic E-state index is -4.41. The molecule has 0 aliphatic carbocycles. The number of anilines is 2. The van der Waals surface area contributed by atoms with E-state index in [1.165, 1.54) is 44.6 Å². The zero-order valence-corrected chi connectivity index (χ0v) is 20.9. The highest BCUT2D eigenvalue weighted by Gasteiger charge is 2.29. The fraction of sp³-hybridized carbons (Fsp3) is 0.174. The van der Waals surface area contributed by atoms with Gasteiger partial charge in [0, 0.05) is 18.2 Å². The number of halogens is 2. The summed E-state index contributed by atoms with van der Waals surface area (Å²) >= 11 is 5.88. The fourth-order valence-corrected chi connectivity index (χ4v) is 4.84. The Morgan fingerprint density at radius 2 is 1.78 bits per heavy atom. The summed E-state index contributed by atoms with van der Waals surface area (Å²) in [5.74, 6) is -1.16. The molecule has 0 saturated heterocycles. The van der Waals surface area contributed by atoms with Gasteiger partial charge in [-0.15, -0.1) is 0 Å². The summed E-state index contributed by atoms with van der Waals surface area (Å²) in [5, 5.41) is 13.2. The lowest BCUT2D eigenvalue weighted by atomic mass is 10.2. The van der Waals surface area contributed by atoms with Crippen LogP contribution in [-0.4, -0.2) is 40.0 Å². The number of nitrogens with one attached hydrogen (secondary N) is 1. The smallest absolute Gasteiger partial charge is 0.271 e. The molecular weight excluding hydrogens is 517 g/mol. The number of hydrogen-bond donors (Lipinski definition) is 1. The molecule has 3 aromatic rings. The van der Waals surface area contributed by atoms with E-state index in [9.17, 15) is 27.7 Å². The van der Waals surface area contributed by atoms with Crippen LogP contribution in [0.15, 0.2) is 59.5 Å². The van der Waals surface area contributed by atoms with Crippen LogP contribution < -0.4 is 19.1 Å². The number of methoxy groups -OCH3 is 2. The van der Waals surface area contributed by atoms with Gasteiger partial charge in [0.2, 0.25) is 5.91 Å². The Morgan fingerprint density at radius 3 is 2.39 bits per heavy atom. The molecule has 0 bridgehead atoms. The molecule has 0 aromatic heterocycles. The van der Waals surface area contributed by atoms with Crippen LogP contribution in [0.2, 0.25) is 5.02 Å². The lowest BCUT2D eigenvalue weighted by Crippen LogP contribution is -2.38. The molecule has 0 radical (unpaired) electrons. The number of nitro groups is 1. The lowest BCUT2D eigenvalue weighted by Gasteiger charge is -2.25. The molecule has 190 valence electrons. The minimum Gasteiger partial charge on any atom is -0.493 e. The Hall–Kier alpha value is -3.90. The maximum atomic E-state index is 13.8. The zero-order chi connectivity index (χ0) is 26.6. The van der Waals surface area contributed by atoms with Crippen molar-refractivity contribution in [3.63, 3.8) is 0 Å². The second-order valence-electron chi connectivity index (χ2n) is 7.43. The Bertz CT molecular complexity index is 1430. The first-order valence-electron chi connectivity index (χ1n) is 10.2. The van der Waals surface area contributed by atoms with Gasteiger partial charge in [0.25, 0.3) is 15.7 Å². The van der Waals surface area contributed by atoms with Crippen LogP contribution in [0, 0.1) is 22.9 Å². The van der Waals surface area contributed by atoms with E-state index in [1.54, 1.807) is 6.92 Å². The van der Waals surface area contributed by atoms with Gasteiger partial charge in [-0.25, -0.2) is 12.8 Å². The molecular formula is C23H21ClFN3O7S. The van der Waals surface area contributed by atoms with Crippen LogP contribution in [0.3, 0.4) is 0 Å². The Kier molecular flexibility index (Phi) is 8.00. The number of nitrogens with zero attached hydrogens (tertiary/aromatic N) is 2. The van der Waals surface area contributed by atoms with Crippen LogP contribution in [0.1, 0.15) is 5.56 Å². The second-order valence-corrected chi connectivity index (χ2v) is 9.70. The summed E-state index contributed by atoms with van der Waals surface area (Å²) in [4.78, 5) is 23.2. The van der Waals surface area contributed by atoms with Gasteiger partial charge in [-0.05, 0) is 42.8 Å². The molecule has 1 amide bonds. The zero-order valence-electron chi connectivity index (χ0n) is 19.3. The number of sulfonamides is 1. The summed E-state index contributed by atoms with van der Waals surface area (Å²) in [6, 6.07) is 10.9. The summed E-state index contributed by atoms with van der Waals surface area (Å²) in [5.41, 5.74) is 0.320. The topological polar surface area (TPSA) is 128 Å². The van der Waals surface area contributed by atoms with Gasteiger partial charge >= 0.3 is 0 Å². The molecule has 0 unspecified atom stereocenters. The highest BCUT2D eigenvalue weighted by atomic mass is 35.5. The van der Waals surface area contributed by atoms with E-state index in [1.807, 2.05) is 0 Å². The monoisotopic (exact) mass is 537 g/mol. The fourth-order valence-electron chi connectivity index (χ4n) is 3.24. The highest BCUT2D eigenvalue weighted by molar-refractivity contribution is 7.92. The minimum absolute atomic E-state index is 0.0814. The number of non-ortho nitro benzene ring substituents is 1. The summed E-state index contributed by atoms with van der Waals surface area (Å²) in [7, 11) is -1.69. The number of ether oxygens (including phenoxy) is 2. The van der Waals surface area contributed by atoms with Crippen LogP contribution in [0.25, 0.3) is 0 Å². The number of carbonyl (C=O) groups excluding carboxylic acids is 1. The number of rotatable bonds is 9. The molecule has 0 saturated carbocycles. The maximum absolute atomic E-state index is 13.8. The first-order chi connectivity index (χ1) is 17.0. The average molecular weight is 538 g/mol. The largest absolute Gasteiger partial charge is 0.493 e. The Balaban J connectivity index is 2.03. The third-order valence-corrected chi connectivity index (χ3v) is 7.19. The van der Waals surface area contributed by atoms with E-state index < -0.39 is 33.2 Å². The summed E-state index contributed by atoms with van der Waals surface area (Å²) < 4.78 is 52.1. The SMILES string of the molecule is COc1ccc(S(=O)(=O)N(CC(=O)Nc2cc([N+](=O)[O-])ccc2C)c2ccc(F)c(Cl)c2)cc1OC. The van der Waals surface area contributed by atoms with Crippen LogP contribution in [0.4, 0.5) is 21.5 Å². The van der Waals surface area contributed by atoms with Crippen molar-refractivity contribution in [3.05, 3.63) is 81.1 Å². The summed E-state index contributed by atoms with van der Waals surface area (Å²) in [6.45, 7) is 0.873. The molecule has 0 heterocycles. The van der Waals surface area contributed by atoms with E-state index in [2.05, 4.69) is 5.32 Å². The molecule has 0 atom stereocenters. The predicted molar refractivity (Wildman–Crippen MR) is 132 cm³/mol. The normalized spacial score (nSPS) is 11.0. The third-order valence-electron chi connectivity index (χ3n) is 5.13. The van der Waals surface area contributed by atoms with Gasteiger partial charge in [0.15, 0.2) is 11.5 Å². The van der Waals surface area contributed by atoms with Gasteiger partial charge in [-0.3, -0.25) is 19.2 Å². The number of carbonyl (C=O) groups is 1. The van der Waals surface area contributed by atoms with Crippen LogP contribution in [-0.2, 0) is 14.8 Å². The highest BCUT2D eigenvalue weighted by Crippen LogP contribution is 2.33. The van der Waals surface area contributed by atoms with Gasteiger partial charge in [-0.1, -0.05) is 17.7 Å². The second kappa shape index (κ2) is 10.8. The average Bonchev–Trinajstić information content (AvgIpc) is 2.84. The van der Waals surface area contributed by atoms with Crippen LogP contribution >= 0.6 is 11.6 Å². The molecule has 1 N–H and O–H groups in total.